The molecule has 0 spiro atoms. The molecule has 0 fully saturated rings. The number of urea groups is 1. The number of ether oxygens (including phenoxy) is 2. The van der Waals surface area contributed by atoms with E-state index < -0.39 is 11.8 Å². The van der Waals surface area contributed by atoms with Crippen LogP contribution in [0.1, 0.15) is 11.1 Å². The predicted molar refractivity (Wildman–Crippen MR) is 109 cm³/mol. The largest absolute Gasteiger partial charge is 0.454 e. The molecule has 29 heavy (non-hydrogen) atoms. The standard InChI is InChI=1S/C23H21FN2O3/c24-19-8-4-5-9-20(19)26-23(27)25-18(12-16-6-2-1-3-7-16)13-17-10-11-21-22(14-17)29-15-28-21/h1-11,14,18H,12-13,15H2,(H2,25,26,27)/t18-/m1/s1. The molecule has 0 aliphatic carbocycles. The van der Waals surface area contributed by atoms with Crippen LogP contribution in [0.15, 0.2) is 72.8 Å². The average molecular weight is 392 g/mol. The van der Waals surface area contributed by atoms with Gasteiger partial charge in [0.1, 0.15) is 5.82 Å². The summed E-state index contributed by atoms with van der Waals surface area (Å²) in [4.78, 5) is 12.5. The molecule has 148 valence electrons. The number of nitrogens with one attached hydrogen (secondary N) is 2. The number of carbonyl (C=O) groups excluding carboxylic acids is 1. The lowest BCUT2D eigenvalue weighted by atomic mass is 9.98. The van der Waals surface area contributed by atoms with Gasteiger partial charge >= 0.3 is 6.03 Å². The maximum atomic E-state index is 13.8. The molecule has 0 aromatic heterocycles. The zero-order valence-corrected chi connectivity index (χ0v) is 15.7. The van der Waals surface area contributed by atoms with E-state index >= 15 is 0 Å². The van der Waals surface area contributed by atoms with Gasteiger partial charge in [0.05, 0.1) is 5.69 Å². The first kappa shape index (κ1) is 18.8. The van der Waals surface area contributed by atoms with Crippen LogP contribution in [0.2, 0.25) is 0 Å². The van der Waals surface area contributed by atoms with Crippen LogP contribution < -0.4 is 20.1 Å². The summed E-state index contributed by atoms with van der Waals surface area (Å²) in [6.45, 7) is 0.218. The lowest BCUT2D eigenvalue weighted by Gasteiger charge is -2.20. The lowest BCUT2D eigenvalue weighted by Crippen LogP contribution is -2.40. The summed E-state index contributed by atoms with van der Waals surface area (Å²) >= 11 is 0. The molecule has 1 aliphatic heterocycles. The van der Waals surface area contributed by atoms with Gasteiger partial charge in [0, 0.05) is 6.04 Å². The average Bonchev–Trinajstić information content (AvgIpc) is 3.18. The van der Waals surface area contributed by atoms with E-state index in [4.69, 9.17) is 9.47 Å². The molecule has 5 nitrogen and oxygen atoms in total. The molecule has 6 heteroatoms. The number of rotatable bonds is 6. The van der Waals surface area contributed by atoms with Crippen molar-refractivity contribution in [3.8, 4) is 11.5 Å². The molecule has 4 rings (SSSR count). The second-order valence-electron chi connectivity index (χ2n) is 6.86. The maximum absolute atomic E-state index is 13.8. The molecule has 0 unspecified atom stereocenters. The Morgan fingerprint density at radius 1 is 0.897 bits per heavy atom. The van der Waals surface area contributed by atoms with E-state index in [0.717, 1.165) is 16.9 Å². The molecule has 2 N–H and O–H groups in total. The van der Waals surface area contributed by atoms with E-state index in [1.807, 2.05) is 48.5 Å². The van der Waals surface area contributed by atoms with Gasteiger partial charge in [-0.05, 0) is 48.2 Å². The number of anilines is 1. The summed E-state index contributed by atoms with van der Waals surface area (Å²) in [6.07, 6.45) is 1.23. The zero-order valence-electron chi connectivity index (χ0n) is 15.7. The van der Waals surface area contributed by atoms with Crippen molar-refractivity contribution in [1.29, 1.82) is 0 Å². The fraction of sp³-hybridized carbons (Fsp3) is 0.174. The second kappa shape index (κ2) is 8.65. The summed E-state index contributed by atoms with van der Waals surface area (Å²) in [7, 11) is 0. The fourth-order valence-corrected chi connectivity index (χ4v) is 3.33. The summed E-state index contributed by atoms with van der Waals surface area (Å²) < 4.78 is 24.6. The molecule has 1 atom stereocenters. The fourth-order valence-electron chi connectivity index (χ4n) is 3.33. The van der Waals surface area contributed by atoms with Crippen molar-refractivity contribution < 1.29 is 18.7 Å². The highest BCUT2D eigenvalue weighted by molar-refractivity contribution is 5.89. The van der Waals surface area contributed by atoms with Gasteiger partial charge in [-0.25, -0.2) is 9.18 Å². The van der Waals surface area contributed by atoms with E-state index in [1.54, 1.807) is 12.1 Å². The van der Waals surface area contributed by atoms with Crippen LogP contribution in [0.3, 0.4) is 0 Å². The van der Waals surface area contributed by atoms with Crippen LogP contribution in [0.4, 0.5) is 14.9 Å². The Bertz CT molecular complexity index is 994. The Morgan fingerprint density at radius 3 is 2.45 bits per heavy atom. The minimum atomic E-state index is -0.474. The summed E-state index contributed by atoms with van der Waals surface area (Å²) in [5, 5.41) is 5.55. The van der Waals surface area contributed by atoms with Gasteiger partial charge in [-0.1, -0.05) is 48.5 Å². The van der Waals surface area contributed by atoms with E-state index in [1.165, 1.54) is 12.1 Å². The number of halogens is 1. The molecular weight excluding hydrogens is 371 g/mol. The normalized spacial score (nSPS) is 13.0. The van der Waals surface area contributed by atoms with E-state index in [9.17, 15) is 9.18 Å². The third-order valence-corrected chi connectivity index (χ3v) is 4.70. The van der Waals surface area contributed by atoms with Crippen molar-refractivity contribution in [2.45, 2.75) is 18.9 Å². The Kier molecular flexibility index (Phi) is 5.61. The summed E-state index contributed by atoms with van der Waals surface area (Å²) in [6, 6.07) is 21.1. The number of amides is 2. The molecule has 2 amide bonds. The highest BCUT2D eigenvalue weighted by atomic mass is 19.1. The topological polar surface area (TPSA) is 59.6 Å². The number of hydrogen-bond donors (Lipinski definition) is 2. The molecule has 1 aliphatic rings. The quantitative estimate of drug-likeness (QED) is 0.648. The smallest absolute Gasteiger partial charge is 0.319 e. The van der Waals surface area contributed by atoms with Gasteiger partial charge in [-0.3, -0.25) is 0 Å². The number of para-hydroxylation sites is 1. The molecule has 1 heterocycles. The Labute approximate surface area is 168 Å². The van der Waals surface area contributed by atoms with Crippen molar-refractivity contribution in [3.63, 3.8) is 0 Å². The van der Waals surface area contributed by atoms with Crippen molar-refractivity contribution in [2.75, 3.05) is 12.1 Å². The summed E-state index contributed by atoms with van der Waals surface area (Å²) in [5.41, 5.74) is 2.26. The maximum Gasteiger partial charge on any atom is 0.319 e. The van der Waals surface area contributed by atoms with Crippen LogP contribution >= 0.6 is 0 Å². The van der Waals surface area contributed by atoms with Gasteiger partial charge in [-0.15, -0.1) is 0 Å². The van der Waals surface area contributed by atoms with E-state index in [2.05, 4.69) is 10.6 Å². The minimum Gasteiger partial charge on any atom is -0.454 e. The summed E-state index contributed by atoms with van der Waals surface area (Å²) in [5.74, 6) is 0.952. The number of benzene rings is 3. The van der Waals surface area contributed by atoms with Crippen molar-refractivity contribution in [1.82, 2.24) is 5.32 Å². The Balaban J connectivity index is 1.48. The first-order valence-electron chi connectivity index (χ1n) is 9.42. The third kappa shape index (κ3) is 4.85. The number of fused-ring (bicyclic) bond motifs is 1. The van der Waals surface area contributed by atoms with Gasteiger partial charge in [0.25, 0.3) is 0 Å². The third-order valence-electron chi connectivity index (χ3n) is 4.70. The van der Waals surface area contributed by atoms with Crippen LogP contribution in [0.5, 0.6) is 11.5 Å². The number of carbonyl (C=O) groups is 1. The first-order chi connectivity index (χ1) is 14.2. The highest BCUT2D eigenvalue weighted by Gasteiger charge is 2.18. The van der Waals surface area contributed by atoms with E-state index in [0.29, 0.717) is 18.6 Å². The van der Waals surface area contributed by atoms with Crippen LogP contribution in [-0.2, 0) is 12.8 Å². The SMILES string of the molecule is O=C(Nc1ccccc1F)N[C@H](Cc1ccccc1)Cc1ccc2c(c1)OCO2. The minimum absolute atomic E-state index is 0.145. The molecule has 0 saturated carbocycles. The Hall–Kier alpha value is -3.54. The van der Waals surface area contributed by atoms with Crippen molar-refractivity contribution >= 4 is 11.7 Å². The first-order valence-corrected chi connectivity index (χ1v) is 9.42. The Morgan fingerprint density at radius 2 is 1.62 bits per heavy atom. The zero-order chi connectivity index (χ0) is 20.1. The monoisotopic (exact) mass is 392 g/mol. The van der Waals surface area contributed by atoms with Crippen LogP contribution in [-0.4, -0.2) is 18.9 Å². The molecule has 3 aromatic rings. The van der Waals surface area contributed by atoms with Crippen molar-refractivity contribution in [2.24, 2.45) is 0 Å². The van der Waals surface area contributed by atoms with Crippen molar-refractivity contribution in [3.05, 3.63) is 89.7 Å². The van der Waals surface area contributed by atoms with Gasteiger partial charge in [-0.2, -0.15) is 0 Å². The molecule has 3 aromatic carbocycles. The van der Waals surface area contributed by atoms with Gasteiger partial charge < -0.3 is 20.1 Å². The van der Waals surface area contributed by atoms with Gasteiger partial charge in [0.15, 0.2) is 11.5 Å². The highest BCUT2D eigenvalue weighted by Crippen LogP contribution is 2.32. The van der Waals surface area contributed by atoms with Gasteiger partial charge in [0.2, 0.25) is 6.79 Å². The lowest BCUT2D eigenvalue weighted by molar-refractivity contribution is 0.174. The molecule has 0 radical (unpaired) electrons. The van der Waals surface area contributed by atoms with E-state index in [-0.39, 0.29) is 18.5 Å². The van der Waals surface area contributed by atoms with Crippen LogP contribution in [0, 0.1) is 5.82 Å². The predicted octanol–water partition coefficient (Wildman–Crippen LogP) is 4.53. The second-order valence-corrected chi connectivity index (χ2v) is 6.86. The molecular formula is C23H21FN2O3. The molecule has 0 saturated heterocycles. The molecule has 0 bridgehead atoms. The van der Waals surface area contributed by atoms with Crippen LogP contribution in [0.25, 0.3) is 0 Å². The number of hydrogen-bond acceptors (Lipinski definition) is 3.